The van der Waals surface area contributed by atoms with E-state index in [1.165, 1.54) is 0 Å². The van der Waals surface area contributed by atoms with Gasteiger partial charge >= 0.3 is 0 Å². The molecule has 1 heterocycles. The molecule has 0 bridgehead atoms. The molecule has 1 unspecified atom stereocenters. The number of carbonyl (C=O) groups is 2. The first-order valence-electron chi connectivity index (χ1n) is 10.7. The molecule has 2 aromatic rings. The first-order chi connectivity index (χ1) is 15.1. The number of hydrogen-bond donors (Lipinski definition) is 0. The summed E-state index contributed by atoms with van der Waals surface area (Å²) in [5.41, 5.74) is 3.63. The van der Waals surface area contributed by atoms with Crippen molar-refractivity contribution < 1.29 is 19.1 Å². The SMILES string of the molecule is COc1ccc(OC)c(C2CC(=O)N(c3ccc(C)c(Cl)c3)C3=C2C(=O)CC(C)(C)C3)c1. The number of allylic oxidation sites excluding steroid dienone is 2. The minimum Gasteiger partial charge on any atom is -0.497 e. The van der Waals surface area contributed by atoms with Crippen LogP contribution in [0.3, 0.4) is 0 Å². The van der Waals surface area contributed by atoms with Crippen LogP contribution < -0.4 is 14.4 Å². The molecule has 0 saturated heterocycles. The Labute approximate surface area is 194 Å². The number of aryl methyl sites for hydroxylation is 1. The third-order valence-corrected chi connectivity index (χ3v) is 6.78. The average Bonchev–Trinajstić information content (AvgIpc) is 2.73. The third-order valence-electron chi connectivity index (χ3n) is 6.37. The Bertz CT molecular complexity index is 1130. The van der Waals surface area contributed by atoms with Crippen LogP contribution in [0.4, 0.5) is 5.69 Å². The molecule has 168 valence electrons. The molecule has 0 N–H and O–H groups in total. The van der Waals surface area contributed by atoms with E-state index in [1.807, 2.05) is 37.3 Å². The predicted octanol–water partition coefficient (Wildman–Crippen LogP) is 5.83. The summed E-state index contributed by atoms with van der Waals surface area (Å²) < 4.78 is 11.0. The number of Topliss-reactive ketones (excluding diaryl/α,β-unsaturated/α-hetero) is 1. The van der Waals surface area contributed by atoms with Crippen molar-refractivity contribution in [1.82, 2.24) is 0 Å². The lowest BCUT2D eigenvalue weighted by molar-refractivity contribution is -0.121. The number of nitrogens with zero attached hydrogens (tertiary/aromatic N) is 1. The Morgan fingerprint density at radius 2 is 1.78 bits per heavy atom. The lowest BCUT2D eigenvalue weighted by atomic mass is 9.69. The van der Waals surface area contributed by atoms with Gasteiger partial charge in [-0.3, -0.25) is 14.5 Å². The van der Waals surface area contributed by atoms with Gasteiger partial charge in [-0.15, -0.1) is 0 Å². The largest absolute Gasteiger partial charge is 0.497 e. The van der Waals surface area contributed by atoms with Gasteiger partial charge in [0.25, 0.3) is 0 Å². The summed E-state index contributed by atoms with van der Waals surface area (Å²) in [5, 5.41) is 0.593. The van der Waals surface area contributed by atoms with Crippen LogP contribution in [0.5, 0.6) is 11.5 Å². The summed E-state index contributed by atoms with van der Waals surface area (Å²) >= 11 is 6.39. The molecule has 0 radical (unpaired) electrons. The standard InChI is InChI=1S/C26H28ClNO4/c1-15-6-7-16(10-20(15)27)28-21-13-26(2,3)14-22(29)25(21)19(12-24(28)30)18-11-17(31-4)8-9-23(18)32-5/h6-11,19H,12-14H2,1-5H3. The molecular weight excluding hydrogens is 426 g/mol. The Kier molecular flexibility index (Phi) is 5.80. The fraction of sp³-hybridized carbons (Fsp3) is 0.385. The maximum atomic E-state index is 13.6. The van der Waals surface area contributed by atoms with Gasteiger partial charge in [-0.25, -0.2) is 0 Å². The summed E-state index contributed by atoms with van der Waals surface area (Å²) in [6, 6.07) is 11.1. The maximum absolute atomic E-state index is 13.6. The maximum Gasteiger partial charge on any atom is 0.232 e. The highest BCUT2D eigenvalue weighted by atomic mass is 35.5. The number of anilines is 1. The fourth-order valence-corrected chi connectivity index (χ4v) is 4.99. The second kappa shape index (κ2) is 8.28. The molecule has 32 heavy (non-hydrogen) atoms. The zero-order valence-electron chi connectivity index (χ0n) is 19.1. The zero-order chi connectivity index (χ0) is 23.2. The van der Waals surface area contributed by atoms with Gasteiger partial charge < -0.3 is 9.47 Å². The summed E-state index contributed by atoms with van der Waals surface area (Å²) in [7, 11) is 3.19. The molecular formula is C26H28ClNO4. The molecule has 5 nitrogen and oxygen atoms in total. The Morgan fingerprint density at radius 3 is 2.44 bits per heavy atom. The van der Waals surface area contributed by atoms with E-state index in [9.17, 15) is 9.59 Å². The van der Waals surface area contributed by atoms with Crippen LogP contribution in [0.15, 0.2) is 47.7 Å². The lowest BCUT2D eigenvalue weighted by Crippen LogP contribution is -2.43. The van der Waals surface area contributed by atoms with Crippen LogP contribution in [0.1, 0.15) is 50.2 Å². The van der Waals surface area contributed by atoms with E-state index in [0.29, 0.717) is 40.6 Å². The molecule has 2 aromatic carbocycles. The molecule has 2 aliphatic rings. The number of rotatable bonds is 4. The second-order valence-corrected chi connectivity index (χ2v) is 9.74. The number of amides is 1. The third kappa shape index (κ3) is 3.90. The van der Waals surface area contributed by atoms with Crippen molar-refractivity contribution in [3.8, 4) is 11.5 Å². The van der Waals surface area contributed by atoms with Gasteiger partial charge in [0.2, 0.25) is 5.91 Å². The number of benzene rings is 2. The zero-order valence-corrected chi connectivity index (χ0v) is 19.9. The second-order valence-electron chi connectivity index (χ2n) is 9.33. The van der Waals surface area contributed by atoms with Crippen molar-refractivity contribution in [1.29, 1.82) is 0 Å². The van der Waals surface area contributed by atoms with E-state index < -0.39 is 0 Å². The molecule has 6 heteroatoms. The number of ketones is 1. The number of carbonyl (C=O) groups excluding carboxylic acids is 2. The molecule has 1 aliphatic carbocycles. The smallest absolute Gasteiger partial charge is 0.232 e. The molecule has 0 spiro atoms. The van der Waals surface area contributed by atoms with Crippen LogP contribution >= 0.6 is 11.6 Å². The van der Waals surface area contributed by atoms with E-state index in [0.717, 1.165) is 16.8 Å². The van der Waals surface area contributed by atoms with Crippen molar-refractivity contribution in [2.45, 2.75) is 46.0 Å². The van der Waals surface area contributed by atoms with Crippen molar-refractivity contribution in [2.75, 3.05) is 19.1 Å². The molecule has 1 aliphatic heterocycles. The van der Waals surface area contributed by atoms with E-state index >= 15 is 0 Å². The molecule has 0 fully saturated rings. The van der Waals surface area contributed by atoms with Crippen molar-refractivity contribution >= 4 is 29.0 Å². The molecule has 0 saturated carbocycles. The van der Waals surface area contributed by atoms with Crippen LogP contribution in [0, 0.1) is 12.3 Å². The average molecular weight is 454 g/mol. The predicted molar refractivity (Wildman–Crippen MR) is 126 cm³/mol. The van der Waals surface area contributed by atoms with Crippen molar-refractivity contribution in [3.63, 3.8) is 0 Å². The normalized spacial score (nSPS) is 20.3. The Balaban J connectivity index is 1.93. The van der Waals surface area contributed by atoms with E-state index in [4.69, 9.17) is 21.1 Å². The van der Waals surface area contributed by atoms with Gasteiger partial charge in [0.05, 0.1) is 19.9 Å². The first-order valence-corrected chi connectivity index (χ1v) is 11.1. The monoisotopic (exact) mass is 453 g/mol. The van der Waals surface area contributed by atoms with Crippen molar-refractivity contribution in [3.05, 3.63) is 63.8 Å². The van der Waals surface area contributed by atoms with Crippen LogP contribution in [-0.2, 0) is 9.59 Å². The quantitative estimate of drug-likeness (QED) is 0.584. The molecule has 0 aromatic heterocycles. The fourth-order valence-electron chi connectivity index (χ4n) is 4.81. The number of hydrogen-bond acceptors (Lipinski definition) is 4. The van der Waals surface area contributed by atoms with E-state index in [1.54, 1.807) is 25.2 Å². The highest BCUT2D eigenvalue weighted by Gasteiger charge is 2.45. The van der Waals surface area contributed by atoms with Crippen LogP contribution in [-0.4, -0.2) is 25.9 Å². The number of methoxy groups -OCH3 is 2. The van der Waals surface area contributed by atoms with Gasteiger partial charge in [0.1, 0.15) is 11.5 Å². The minimum atomic E-state index is -0.386. The highest BCUT2D eigenvalue weighted by molar-refractivity contribution is 6.31. The summed E-state index contributed by atoms with van der Waals surface area (Å²) in [6.45, 7) is 6.05. The van der Waals surface area contributed by atoms with E-state index in [-0.39, 0.29) is 29.4 Å². The Hall–Kier alpha value is -2.79. The summed E-state index contributed by atoms with van der Waals surface area (Å²) in [4.78, 5) is 28.8. The first kappa shape index (κ1) is 22.4. The molecule has 4 rings (SSSR count). The molecule has 1 amide bonds. The lowest BCUT2D eigenvalue weighted by Gasteiger charge is -2.43. The van der Waals surface area contributed by atoms with Gasteiger partial charge in [-0.1, -0.05) is 31.5 Å². The highest BCUT2D eigenvalue weighted by Crippen LogP contribution is 2.50. The summed E-state index contributed by atoms with van der Waals surface area (Å²) in [5.74, 6) is 0.917. The Morgan fingerprint density at radius 1 is 1.03 bits per heavy atom. The van der Waals surface area contributed by atoms with E-state index in [2.05, 4.69) is 13.8 Å². The van der Waals surface area contributed by atoms with Gasteiger partial charge in [-0.05, 0) is 54.7 Å². The minimum absolute atomic E-state index is 0.0657. The number of halogens is 1. The van der Waals surface area contributed by atoms with Gasteiger partial charge in [-0.2, -0.15) is 0 Å². The van der Waals surface area contributed by atoms with Gasteiger partial charge in [0, 0.05) is 40.6 Å². The van der Waals surface area contributed by atoms with Gasteiger partial charge in [0.15, 0.2) is 5.78 Å². The summed E-state index contributed by atoms with van der Waals surface area (Å²) in [6.07, 6.45) is 1.22. The molecule has 1 atom stereocenters. The number of ether oxygens (including phenoxy) is 2. The van der Waals surface area contributed by atoms with Crippen LogP contribution in [0.2, 0.25) is 5.02 Å². The van der Waals surface area contributed by atoms with Crippen LogP contribution in [0.25, 0.3) is 0 Å². The van der Waals surface area contributed by atoms with Crippen molar-refractivity contribution in [2.24, 2.45) is 5.41 Å². The topological polar surface area (TPSA) is 55.8 Å².